The van der Waals surface area contributed by atoms with Crippen molar-refractivity contribution in [1.82, 2.24) is 20.4 Å². The van der Waals surface area contributed by atoms with Crippen molar-refractivity contribution >= 4 is 22.6 Å². The number of hydrogen-bond donors (Lipinski definition) is 2. The summed E-state index contributed by atoms with van der Waals surface area (Å²) in [4.78, 5) is 16.6. The van der Waals surface area contributed by atoms with Crippen LogP contribution in [-0.4, -0.2) is 61.4 Å². The van der Waals surface area contributed by atoms with Crippen molar-refractivity contribution in [2.24, 2.45) is 0 Å². The van der Waals surface area contributed by atoms with E-state index in [9.17, 15) is 18.0 Å². The van der Waals surface area contributed by atoms with Crippen LogP contribution in [0.5, 0.6) is 0 Å². The van der Waals surface area contributed by atoms with Crippen LogP contribution in [0.2, 0.25) is 0 Å². The highest BCUT2D eigenvalue weighted by molar-refractivity contribution is 6.00. The molecule has 1 atom stereocenters. The normalized spacial score (nSPS) is 12.9. The maximum absolute atomic E-state index is 13.5. The molecular formula is C21H24F3N5O. The Morgan fingerprint density at radius 2 is 1.80 bits per heavy atom. The number of H-pyrrole nitrogens is 1. The third-order valence-corrected chi connectivity index (χ3v) is 4.78. The Morgan fingerprint density at radius 3 is 2.43 bits per heavy atom. The van der Waals surface area contributed by atoms with Gasteiger partial charge in [0.25, 0.3) is 5.91 Å². The van der Waals surface area contributed by atoms with Crippen molar-refractivity contribution < 1.29 is 18.0 Å². The second-order valence-corrected chi connectivity index (χ2v) is 7.39. The number of rotatable bonds is 7. The SMILES string of the molecule is CN(C)CCN(C)c1n[nH]c2cc(C(=O)NC(c3ccccc3)C(F)(F)F)ccc12. The minimum absolute atomic E-state index is 0.0224. The van der Waals surface area contributed by atoms with E-state index >= 15 is 0 Å². The zero-order valence-electron chi connectivity index (χ0n) is 17.0. The fourth-order valence-electron chi connectivity index (χ4n) is 3.11. The summed E-state index contributed by atoms with van der Waals surface area (Å²) in [6, 6.07) is 9.94. The molecule has 1 heterocycles. The molecule has 0 aliphatic carbocycles. The van der Waals surface area contributed by atoms with Crippen molar-refractivity contribution in [1.29, 1.82) is 0 Å². The van der Waals surface area contributed by atoms with Gasteiger partial charge in [0.1, 0.15) is 0 Å². The molecule has 30 heavy (non-hydrogen) atoms. The molecule has 0 aliphatic heterocycles. The number of nitrogens with one attached hydrogen (secondary N) is 2. The van der Waals surface area contributed by atoms with Crippen LogP contribution in [0.3, 0.4) is 0 Å². The zero-order chi connectivity index (χ0) is 21.9. The summed E-state index contributed by atoms with van der Waals surface area (Å²) >= 11 is 0. The fourth-order valence-corrected chi connectivity index (χ4v) is 3.11. The highest BCUT2D eigenvalue weighted by atomic mass is 19.4. The van der Waals surface area contributed by atoms with Gasteiger partial charge < -0.3 is 15.1 Å². The van der Waals surface area contributed by atoms with E-state index in [1.54, 1.807) is 12.1 Å². The Labute approximate surface area is 172 Å². The number of anilines is 1. The largest absolute Gasteiger partial charge is 0.412 e. The van der Waals surface area contributed by atoms with Crippen LogP contribution in [0, 0.1) is 0 Å². The molecule has 1 aromatic heterocycles. The monoisotopic (exact) mass is 419 g/mol. The van der Waals surface area contributed by atoms with Crippen LogP contribution in [0.1, 0.15) is 22.0 Å². The maximum Gasteiger partial charge on any atom is 0.412 e. The number of aromatic amines is 1. The number of carbonyl (C=O) groups is 1. The van der Waals surface area contributed by atoms with E-state index in [-0.39, 0.29) is 11.1 Å². The summed E-state index contributed by atoms with van der Waals surface area (Å²) in [6.07, 6.45) is -4.61. The minimum Gasteiger partial charge on any atom is -0.356 e. The van der Waals surface area contributed by atoms with Gasteiger partial charge in [0.15, 0.2) is 11.9 Å². The van der Waals surface area contributed by atoms with Crippen LogP contribution >= 0.6 is 0 Å². The molecular weight excluding hydrogens is 395 g/mol. The molecule has 0 saturated carbocycles. The van der Waals surface area contributed by atoms with Gasteiger partial charge in [-0.1, -0.05) is 30.3 Å². The summed E-state index contributed by atoms with van der Waals surface area (Å²) < 4.78 is 40.5. The Morgan fingerprint density at radius 1 is 1.10 bits per heavy atom. The standard InChI is InChI=1S/C21H24F3N5O/c1-28(2)11-12-29(3)19-16-10-9-15(13-17(16)26-27-19)20(30)25-18(21(22,23)24)14-7-5-4-6-8-14/h4-10,13,18H,11-12H2,1-3H3,(H,25,30)(H,26,27). The number of benzene rings is 2. The van der Waals surface area contributed by atoms with Crippen LogP contribution < -0.4 is 10.2 Å². The van der Waals surface area contributed by atoms with Crippen LogP contribution in [-0.2, 0) is 0 Å². The Hall–Kier alpha value is -3.07. The van der Waals surface area contributed by atoms with Crippen molar-refractivity contribution in [3.05, 3.63) is 59.7 Å². The van der Waals surface area contributed by atoms with Gasteiger partial charge in [-0.05, 0) is 37.9 Å². The zero-order valence-corrected chi connectivity index (χ0v) is 17.0. The number of fused-ring (bicyclic) bond motifs is 1. The van der Waals surface area contributed by atoms with Gasteiger partial charge in [-0.15, -0.1) is 0 Å². The lowest BCUT2D eigenvalue weighted by Crippen LogP contribution is -2.38. The average Bonchev–Trinajstić information content (AvgIpc) is 3.13. The van der Waals surface area contributed by atoms with Gasteiger partial charge in [-0.3, -0.25) is 9.89 Å². The number of alkyl halides is 3. The Kier molecular flexibility index (Phi) is 6.31. The smallest absolute Gasteiger partial charge is 0.356 e. The van der Waals surface area contributed by atoms with E-state index in [0.717, 1.165) is 24.3 Å². The van der Waals surface area contributed by atoms with E-state index in [1.807, 2.05) is 26.0 Å². The van der Waals surface area contributed by atoms with Crippen LogP contribution in [0.25, 0.3) is 10.9 Å². The number of aromatic nitrogens is 2. The first-order chi connectivity index (χ1) is 14.2. The number of amides is 1. The van der Waals surface area contributed by atoms with E-state index in [4.69, 9.17) is 0 Å². The van der Waals surface area contributed by atoms with Gasteiger partial charge >= 0.3 is 6.18 Å². The van der Waals surface area contributed by atoms with E-state index in [0.29, 0.717) is 5.52 Å². The number of nitrogens with zero attached hydrogens (tertiary/aromatic N) is 3. The lowest BCUT2D eigenvalue weighted by atomic mass is 10.1. The first-order valence-electron chi connectivity index (χ1n) is 9.43. The number of carbonyl (C=O) groups excluding carboxylic acids is 1. The molecule has 0 spiro atoms. The molecule has 9 heteroatoms. The summed E-state index contributed by atoms with van der Waals surface area (Å²) in [6.45, 7) is 1.59. The van der Waals surface area contributed by atoms with Gasteiger partial charge in [0.05, 0.1) is 5.52 Å². The predicted molar refractivity (Wildman–Crippen MR) is 111 cm³/mol. The molecule has 1 unspecified atom stereocenters. The first kappa shape index (κ1) is 21.6. The summed E-state index contributed by atoms with van der Waals surface area (Å²) in [5.41, 5.74) is 0.683. The Bertz CT molecular complexity index is 1000. The first-order valence-corrected chi connectivity index (χ1v) is 9.43. The topological polar surface area (TPSA) is 64.3 Å². The maximum atomic E-state index is 13.5. The molecule has 0 aliphatic rings. The predicted octanol–water partition coefficient (Wildman–Crippen LogP) is 3.59. The van der Waals surface area contributed by atoms with E-state index in [2.05, 4.69) is 20.4 Å². The van der Waals surface area contributed by atoms with Gasteiger partial charge in [-0.25, -0.2) is 0 Å². The molecule has 2 aromatic carbocycles. The second kappa shape index (κ2) is 8.74. The summed E-state index contributed by atoms with van der Waals surface area (Å²) in [7, 11) is 5.86. The summed E-state index contributed by atoms with van der Waals surface area (Å²) in [5.74, 6) is -0.0866. The van der Waals surface area contributed by atoms with Crippen molar-refractivity contribution in [3.63, 3.8) is 0 Å². The highest BCUT2D eigenvalue weighted by Crippen LogP contribution is 2.33. The Balaban J connectivity index is 1.81. The number of likely N-dealkylation sites (N-methyl/N-ethyl adjacent to an activating group) is 2. The van der Waals surface area contributed by atoms with Crippen LogP contribution in [0.15, 0.2) is 48.5 Å². The average molecular weight is 419 g/mol. The molecule has 0 saturated heterocycles. The van der Waals surface area contributed by atoms with E-state index < -0.39 is 18.1 Å². The number of halogens is 3. The van der Waals surface area contributed by atoms with Gasteiger partial charge in [-0.2, -0.15) is 18.3 Å². The van der Waals surface area contributed by atoms with Crippen molar-refractivity contribution in [3.8, 4) is 0 Å². The molecule has 0 fully saturated rings. The molecule has 3 rings (SSSR count). The lowest BCUT2D eigenvalue weighted by Gasteiger charge is -2.22. The highest BCUT2D eigenvalue weighted by Gasteiger charge is 2.41. The fraction of sp³-hybridized carbons (Fsp3) is 0.333. The molecule has 160 valence electrons. The minimum atomic E-state index is -4.61. The molecule has 0 radical (unpaired) electrons. The van der Waals surface area contributed by atoms with Gasteiger partial charge in [0, 0.05) is 31.1 Å². The molecule has 6 nitrogen and oxygen atoms in total. The number of hydrogen-bond acceptors (Lipinski definition) is 4. The quantitative estimate of drug-likeness (QED) is 0.614. The molecule has 0 bridgehead atoms. The van der Waals surface area contributed by atoms with Crippen LogP contribution in [0.4, 0.5) is 19.0 Å². The summed E-state index contributed by atoms with van der Waals surface area (Å²) in [5, 5.41) is 10.0. The van der Waals surface area contributed by atoms with Gasteiger partial charge in [0.2, 0.25) is 0 Å². The molecule has 1 amide bonds. The van der Waals surface area contributed by atoms with E-state index in [1.165, 1.54) is 36.4 Å². The third kappa shape index (κ3) is 4.91. The molecule has 3 aromatic rings. The van der Waals surface area contributed by atoms with Crippen molar-refractivity contribution in [2.45, 2.75) is 12.2 Å². The second-order valence-electron chi connectivity index (χ2n) is 7.39. The third-order valence-electron chi connectivity index (χ3n) is 4.78. The molecule has 2 N–H and O–H groups in total. The van der Waals surface area contributed by atoms with Crippen molar-refractivity contribution in [2.75, 3.05) is 39.1 Å². The lowest BCUT2D eigenvalue weighted by molar-refractivity contribution is -0.155.